The predicted molar refractivity (Wildman–Crippen MR) is 62.2 cm³/mol. The van der Waals surface area contributed by atoms with E-state index in [1.54, 1.807) is 0 Å². The average Bonchev–Trinajstić information content (AvgIpc) is 2.85. The van der Waals surface area contributed by atoms with Crippen molar-refractivity contribution in [2.24, 2.45) is 0 Å². The molecule has 1 N–H and O–H groups in total. The Bertz CT molecular complexity index is 569. The molecule has 0 bridgehead atoms. The van der Waals surface area contributed by atoms with Crippen molar-refractivity contribution in [3.05, 3.63) is 41.3 Å². The van der Waals surface area contributed by atoms with Crippen LogP contribution in [0.15, 0.2) is 24.3 Å². The van der Waals surface area contributed by atoms with Crippen LogP contribution in [0, 0.1) is 0 Å². The first-order valence-corrected chi connectivity index (χ1v) is 5.81. The lowest BCUT2D eigenvalue weighted by atomic mass is 10.1. The van der Waals surface area contributed by atoms with Crippen molar-refractivity contribution >= 4 is 0 Å². The summed E-state index contributed by atoms with van der Waals surface area (Å²) in [6, 6.07) is 8.62. The third-order valence-corrected chi connectivity index (χ3v) is 3.58. The molecule has 80 valence electrons. The number of benzene rings is 1. The van der Waals surface area contributed by atoms with Gasteiger partial charge >= 0.3 is 0 Å². The van der Waals surface area contributed by atoms with Crippen LogP contribution < -0.4 is 5.32 Å². The van der Waals surface area contributed by atoms with E-state index < -0.39 is 0 Å². The zero-order valence-corrected chi connectivity index (χ0v) is 9.03. The van der Waals surface area contributed by atoms with Gasteiger partial charge in [0.1, 0.15) is 5.82 Å². The van der Waals surface area contributed by atoms with Gasteiger partial charge in [-0.25, -0.2) is 4.98 Å². The molecular weight excluding hydrogens is 198 g/mol. The maximum absolute atomic E-state index is 4.77. The number of hydrogen-bond donors (Lipinski definition) is 1. The molecule has 0 radical (unpaired) electrons. The van der Waals surface area contributed by atoms with Crippen LogP contribution in [-0.2, 0) is 19.5 Å². The first-order chi connectivity index (χ1) is 7.93. The first-order valence-electron chi connectivity index (χ1n) is 5.81. The van der Waals surface area contributed by atoms with E-state index in [-0.39, 0.29) is 0 Å². The van der Waals surface area contributed by atoms with Gasteiger partial charge in [0, 0.05) is 30.8 Å². The van der Waals surface area contributed by atoms with Crippen LogP contribution in [0.2, 0.25) is 0 Å². The maximum atomic E-state index is 4.77. The SMILES string of the molecule is c1ccc2c(c1)Cc1c-2nc2n1CCNC2. The summed E-state index contributed by atoms with van der Waals surface area (Å²) in [5.74, 6) is 1.20. The summed E-state index contributed by atoms with van der Waals surface area (Å²) in [4.78, 5) is 4.77. The van der Waals surface area contributed by atoms with E-state index in [1.165, 1.54) is 28.3 Å². The molecule has 0 saturated carbocycles. The van der Waals surface area contributed by atoms with E-state index >= 15 is 0 Å². The molecule has 1 aliphatic heterocycles. The highest BCUT2D eigenvalue weighted by atomic mass is 15.2. The van der Waals surface area contributed by atoms with Crippen molar-refractivity contribution in [1.82, 2.24) is 14.9 Å². The van der Waals surface area contributed by atoms with Gasteiger partial charge in [0.25, 0.3) is 0 Å². The number of imidazole rings is 1. The van der Waals surface area contributed by atoms with Crippen LogP contribution in [0.4, 0.5) is 0 Å². The zero-order valence-electron chi connectivity index (χ0n) is 9.03. The number of rotatable bonds is 0. The van der Waals surface area contributed by atoms with Crippen molar-refractivity contribution in [1.29, 1.82) is 0 Å². The lowest BCUT2D eigenvalue weighted by molar-refractivity contribution is 0.496. The Kier molecular flexibility index (Phi) is 1.57. The monoisotopic (exact) mass is 211 g/mol. The minimum absolute atomic E-state index is 0.912. The van der Waals surface area contributed by atoms with Crippen molar-refractivity contribution in [2.75, 3.05) is 6.54 Å². The van der Waals surface area contributed by atoms with Gasteiger partial charge in [0.2, 0.25) is 0 Å². The van der Waals surface area contributed by atoms with Gasteiger partial charge in [-0.15, -0.1) is 0 Å². The molecule has 0 saturated heterocycles. The van der Waals surface area contributed by atoms with Gasteiger partial charge in [-0.1, -0.05) is 24.3 Å². The molecule has 0 unspecified atom stereocenters. The van der Waals surface area contributed by atoms with E-state index in [2.05, 4.69) is 34.1 Å². The summed E-state index contributed by atoms with van der Waals surface area (Å²) in [6.07, 6.45) is 1.05. The molecule has 2 aliphatic rings. The molecule has 4 rings (SSSR count). The molecule has 16 heavy (non-hydrogen) atoms. The second kappa shape index (κ2) is 2.95. The Hall–Kier alpha value is -1.61. The fourth-order valence-electron chi connectivity index (χ4n) is 2.81. The molecule has 1 aliphatic carbocycles. The topological polar surface area (TPSA) is 29.9 Å². The molecule has 0 amide bonds. The normalized spacial score (nSPS) is 16.8. The van der Waals surface area contributed by atoms with Crippen LogP contribution in [0.3, 0.4) is 0 Å². The van der Waals surface area contributed by atoms with Crippen molar-refractivity contribution in [3.8, 4) is 11.3 Å². The van der Waals surface area contributed by atoms with Gasteiger partial charge in [-0.2, -0.15) is 0 Å². The van der Waals surface area contributed by atoms with E-state index in [9.17, 15) is 0 Å². The molecule has 0 spiro atoms. The van der Waals surface area contributed by atoms with E-state index in [0.29, 0.717) is 0 Å². The molecule has 0 atom stereocenters. The molecule has 2 heterocycles. The second-order valence-electron chi connectivity index (χ2n) is 4.49. The van der Waals surface area contributed by atoms with E-state index in [4.69, 9.17) is 4.98 Å². The minimum Gasteiger partial charge on any atom is -0.329 e. The number of nitrogens with one attached hydrogen (secondary N) is 1. The lowest BCUT2D eigenvalue weighted by Crippen LogP contribution is -2.29. The Balaban J connectivity index is 1.96. The van der Waals surface area contributed by atoms with Gasteiger partial charge in [-0.3, -0.25) is 0 Å². The number of hydrogen-bond acceptors (Lipinski definition) is 2. The van der Waals surface area contributed by atoms with E-state index in [0.717, 1.165) is 26.1 Å². The van der Waals surface area contributed by atoms with Crippen LogP contribution >= 0.6 is 0 Å². The molecule has 0 fully saturated rings. The Morgan fingerprint density at radius 2 is 2.19 bits per heavy atom. The van der Waals surface area contributed by atoms with Crippen LogP contribution in [0.25, 0.3) is 11.3 Å². The fraction of sp³-hybridized carbons (Fsp3) is 0.308. The summed E-state index contributed by atoms with van der Waals surface area (Å²) in [6.45, 7) is 3.03. The largest absolute Gasteiger partial charge is 0.329 e. The summed E-state index contributed by atoms with van der Waals surface area (Å²) in [5, 5.41) is 3.37. The van der Waals surface area contributed by atoms with Gasteiger partial charge in [0.05, 0.1) is 12.2 Å². The molecular formula is C13H13N3. The van der Waals surface area contributed by atoms with Crippen molar-refractivity contribution in [3.63, 3.8) is 0 Å². The Morgan fingerprint density at radius 3 is 3.19 bits per heavy atom. The smallest absolute Gasteiger partial charge is 0.123 e. The predicted octanol–water partition coefficient (Wildman–Crippen LogP) is 1.56. The number of nitrogens with zero attached hydrogens (tertiary/aromatic N) is 2. The summed E-state index contributed by atoms with van der Waals surface area (Å²) >= 11 is 0. The van der Waals surface area contributed by atoms with Crippen molar-refractivity contribution in [2.45, 2.75) is 19.5 Å². The standard InChI is InChI=1S/C13H13N3/c1-2-4-10-9(3-1)7-11-13(10)15-12-8-14-5-6-16(11)12/h1-4,14H,5-8H2. The minimum atomic E-state index is 0.912. The molecule has 3 heteroatoms. The number of fused-ring (bicyclic) bond motifs is 5. The zero-order chi connectivity index (χ0) is 10.5. The quantitative estimate of drug-likeness (QED) is 0.611. The van der Waals surface area contributed by atoms with E-state index in [1.807, 2.05) is 0 Å². The second-order valence-corrected chi connectivity index (χ2v) is 4.49. The van der Waals surface area contributed by atoms with Gasteiger partial charge < -0.3 is 9.88 Å². The highest BCUT2D eigenvalue weighted by Gasteiger charge is 2.26. The number of aromatic nitrogens is 2. The maximum Gasteiger partial charge on any atom is 0.123 e. The molecule has 1 aromatic heterocycles. The summed E-state index contributed by atoms with van der Waals surface area (Å²) in [7, 11) is 0. The van der Waals surface area contributed by atoms with Gasteiger partial charge in [0.15, 0.2) is 0 Å². The molecule has 1 aromatic carbocycles. The van der Waals surface area contributed by atoms with Crippen LogP contribution in [0.5, 0.6) is 0 Å². The third-order valence-electron chi connectivity index (χ3n) is 3.58. The van der Waals surface area contributed by atoms with Crippen LogP contribution in [0.1, 0.15) is 17.1 Å². The van der Waals surface area contributed by atoms with Crippen LogP contribution in [-0.4, -0.2) is 16.1 Å². The molecule has 3 nitrogen and oxygen atoms in total. The van der Waals surface area contributed by atoms with Gasteiger partial charge in [-0.05, 0) is 5.56 Å². The average molecular weight is 211 g/mol. The lowest BCUT2D eigenvalue weighted by Gasteiger charge is -2.16. The first kappa shape index (κ1) is 8.53. The summed E-state index contributed by atoms with van der Waals surface area (Å²) in [5.41, 5.74) is 5.39. The summed E-state index contributed by atoms with van der Waals surface area (Å²) < 4.78 is 2.39. The van der Waals surface area contributed by atoms with Crippen molar-refractivity contribution < 1.29 is 0 Å². The molecule has 2 aromatic rings. The Labute approximate surface area is 94.1 Å². The third kappa shape index (κ3) is 0.985. The Morgan fingerprint density at radius 1 is 1.25 bits per heavy atom. The fourth-order valence-corrected chi connectivity index (χ4v) is 2.81. The highest BCUT2D eigenvalue weighted by Crippen LogP contribution is 2.36. The highest BCUT2D eigenvalue weighted by molar-refractivity contribution is 5.72.